The molecule has 2 aromatic carbocycles. The highest BCUT2D eigenvalue weighted by atomic mass is 19.1. The third-order valence-corrected chi connectivity index (χ3v) is 8.49. The van der Waals surface area contributed by atoms with Crippen LogP contribution in [0.3, 0.4) is 0 Å². The van der Waals surface area contributed by atoms with Crippen LogP contribution >= 0.6 is 0 Å². The number of aromatic nitrogens is 3. The van der Waals surface area contributed by atoms with Crippen LogP contribution in [-0.2, 0) is 6.42 Å². The maximum Gasteiger partial charge on any atom is 0.321 e. The van der Waals surface area contributed by atoms with E-state index in [4.69, 9.17) is 4.98 Å². The molecule has 0 radical (unpaired) electrons. The second-order valence-electron chi connectivity index (χ2n) is 11.3. The number of rotatable bonds is 4. The number of anilines is 1. The fraction of sp³-hybridized carbons (Fsp3) is 0.355. The number of nitrogens with zero attached hydrogens (tertiary/aromatic N) is 5. The minimum absolute atomic E-state index is 0.0590. The van der Waals surface area contributed by atoms with Gasteiger partial charge in [-0.05, 0) is 73.9 Å². The van der Waals surface area contributed by atoms with E-state index in [0.717, 1.165) is 30.4 Å². The van der Waals surface area contributed by atoms with Gasteiger partial charge in [0.2, 0.25) is 0 Å². The number of hydrogen-bond donors (Lipinski definition) is 2. The summed E-state index contributed by atoms with van der Waals surface area (Å²) < 4.78 is 16.9. The van der Waals surface area contributed by atoms with Crippen LogP contribution in [0.25, 0.3) is 16.9 Å². The van der Waals surface area contributed by atoms with Gasteiger partial charge in [0.15, 0.2) is 5.65 Å². The summed E-state index contributed by atoms with van der Waals surface area (Å²) in [7, 11) is 0. The molecule has 210 valence electrons. The Morgan fingerprint density at radius 1 is 1.05 bits per heavy atom. The van der Waals surface area contributed by atoms with E-state index >= 15 is 4.39 Å². The summed E-state index contributed by atoms with van der Waals surface area (Å²) in [5.74, 6) is -0.353. The number of nitrogens with one attached hydrogen (secondary N) is 1. The van der Waals surface area contributed by atoms with E-state index < -0.39 is 11.9 Å². The third kappa shape index (κ3) is 4.72. The monoisotopic (exact) mass is 554 g/mol. The van der Waals surface area contributed by atoms with Gasteiger partial charge < -0.3 is 20.2 Å². The van der Waals surface area contributed by atoms with Gasteiger partial charge in [-0.25, -0.2) is 18.7 Å². The number of hydrogen-bond acceptors (Lipinski definition) is 5. The van der Waals surface area contributed by atoms with E-state index in [9.17, 15) is 14.7 Å². The highest BCUT2D eigenvalue weighted by Crippen LogP contribution is 2.42. The van der Waals surface area contributed by atoms with Gasteiger partial charge in [0.05, 0.1) is 24.0 Å². The quantitative estimate of drug-likeness (QED) is 0.378. The molecule has 41 heavy (non-hydrogen) atoms. The van der Waals surface area contributed by atoms with Crippen LogP contribution in [0.15, 0.2) is 54.7 Å². The molecule has 2 fully saturated rings. The predicted molar refractivity (Wildman–Crippen MR) is 151 cm³/mol. The highest BCUT2D eigenvalue weighted by molar-refractivity contribution is 5.93. The van der Waals surface area contributed by atoms with E-state index in [1.165, 1.54) is 16.5 Å². The summed E-state index contributed by atoms with van der Waals surface area (Å²) in [5, 5.41) is 17.0. The number of urea groups is 1. The third-order valence-electron chi connectivity index (χ3n) is 8.49. The van der Waals surface area contributed by atoms with Crippen molar-refractivity contribution in [1.82, 2.24) is 24.4 Å². The van der Waals surface area contributed by atoms with Crippen molar-refractivity contribution in [3.63, 3.8) is 0 Å². The minimum atomic E-state index is -0.530. The van der Waals surface area contributed by atoms with Crippen molar-refractivity contribution in [3.8, 4) is 11.3 Å². The molecule has 2 aliphatic heterocycles. The molecule has 2 N–H and O–H groups in total. The number of carbonyl (C=O) groups is 2. The van der Waals surface area contributed by atoms with Crippen LogP contribution in [0.2, 0.25) is 0 Å². The number of likely N-dealkylation sites (tertiary alicyclic amines) is 1. The first kappa shape index (κ1) is 25.6. The van der Waals surface area contributed by atoms with Gasteiger partial charge in [-0.15, -0.1) is 0 Å². The average Bonchev–Trinajstić information content (AvgIpc) is 3.58. The van der Waals surface area contributed by atoms with Crippen molar-refractivity contribution in [2.75, 3.05) is 25.0 Å². The van der Waals surface area contributed by atoms with Crippen LogP contribution in [0.5, 0.6) is 0 Å². The van der Waals surface area contributed by atoms with E-state index in [1.54, 1.807) is 22.8 Å². The lowest BCUT2D eigenvalue weighted by Gasteiger charge is -2.35. The van der Waals surface area contributed by atoms with Crippen molar-refractivity contribution < 1.29 is 19.1 Å². The van der Waals surface area contributed by atoms with Gasteiger partial charge in [-0.1, -0.05) is 24.3 Å². The molecule has 7 rings (SSSR count). The predicted octanol–water partition coefficient (Wildman–Crippen LogP) is 4.77. The number of imidazole rings is 1. The van der Waals surface area contributed by atoms with Crippen LogP contribution in [-0.4, -0.2) is 67.2 Å². The Kier molecular flexibility index (Phi) is 6.23. The van der Waals surface area contributed by atoms with Gasteiger partial charge in [0.1, 0.15) is 11.5 Å². The first-order valence-corrected chi connectivity index (χ1v) is 14.2. The lowest BCUT2D eigenvalue weighted by Crippen LogP contribution is -2.39. The number of aliphatic hydroxyl groups excluding tert-OH is 1. The molecule has 4 heterocycles. The molecule has 9 nitrogen and oxygen atoms in total. The summed E-state index contributed by atoms with van der Waals surface area (Å²) in [6.07, 6.45) is 4.49. The van der Waals surface area contributed by atoms with Crippen molar-refractivity contribution in [3.05, 3.63) is 82.9 Å². The topological polar surface area (TPSA) is 103 Å². The van der Waals surface area contributed by atoms with Crippen molar-refractivity contribution in [2.45, 2.75) is 50.7 Å². The smallest absolute Gasteiger partial charge is 0.321 e. The molecule has 0 spiro atoms. The summed E-state index contributed by atoms with van der Waals surface area (Å²) in [4.78, 5) is 34.3. The Morgan fingerprint density at radius 2 is 1.88 bits per heavy atom. The van der Waals surface area contributed by atoms with Crippen LogP contribution in [0.4, 0.5) is 14.9 Å². The standard InChI is InChI=1S/C31H31FN6O3/c1-18-23-5-3-2-4-19(23)10-13-37(18)30(40)27-15-25(20-6-7-20)29-34-28(17-38(29)35-27)24-9-8-21(14-26(24)32)33-31(41)36-12-11-22(39)16-36/h2-5,8-9,14-15,17-18,20,22,39H,6-7,10-13,16H2,1H3,(H,33,41)/t18-,22?/m1/s1. The number of fused-ring (bicyclic) bond motifs is 2. The Bertz CT molecular complexity index is 1680. The molecule has 1 saturated heterocycles. The Labute approximate surface area is 236 Å². The van der Waals surface area contributed by atoms with Gasteiger partial charge in [0.25, 0.3) is 5.91 Å². The minimum Gasteiger partial charge on any atom is -0.391 e. The van der Waals surface area contributed by atoms with Crippen molar-refractivity contribution in [2.24, 2.45) is 0 Å². The van der Waals surface area contributed by atoms with Crippen molar-refractivity contribution >= 4 is 23.3 Å². The van der Waals surface area contributed by atoms with Gasteiger partial charge in [-0.3, -0.25) is 4.79 Å². The molecule has 2 atom stereocenters. The van der Waals surface area contributed by atoms with E-state index in [2.05, 4.69) is 29.5 Å². The van der Waals surface area contributed by atoms with Crippen LogP contribution < -0.4 is 5.32 Å². The highest BCUT2D eigenvalue weighted by Gasteiger charge is 2.33. The summed E-state index contributed by atoms with van der Waals surface area (Å²) in [6, 6.07) is 14.2. The molecule has 1 unspecified atom stereocenters. The summed E-state index contributed by atoms with van der Waals surface area (Å²) in [5.41, 5.74) is 5.38. The number of β-amino-alcohol motifs (C(OH)–C–C–N with tert-alkyl or cyclic N) is 1. The van der Waals surface area contributed by atoms with Crippen LogP contribution in [0.1, 0.15) is 65.3 Å². The largest absolute Gasteiger partial charge is 0.391 e. The fourth-order valence-corrected chi connectivity index (χ4v) is 6.06. The first-order chi connectivity index (χ1) is 19.9. The maximum atomic E-state index is 15.3. The lowest BCUT2D eigenvalue weighted by atomic mass is 9.93. The van der Waals surface area contributed by atoms with Crippen molar-refractivity contribution in [1.29, 1.82) is 0 Å². The second kappa shape index (κ2) is 9.95. The second-order valence-corrected chi connectivity index (χ2v) is 11.3. The first-order valence-electron chi connectivity index (χ1n) is 14.2. The molecule has 4 aromatic rings. The lowest BCUT2D eigenvalue weighted by molar-refractivity contribution is 0.0670. The molecule has 3 amide bonds. The molecule has 3 aliphatic rings. The SMILES string of the molecule is C[C@@H]1c2ccccc2CCN1C(=O)c1cc(C2CC2)c2nc(-c3ccc(NC(=O)N4CCC(O)C4)cc3F)cn2n1. The molecular weight excluding hydrogens is 523 g/mol. The molecule has 0 bridgehead atoms. The zero-order valence-electron chi connectivity index (χ0n) is 22.8. The van der Waals surface area contributed by atoms with E-state index in [0.29, 0.717) is 48.2 Å². The van der Waals surface area contributed by atoms with Gasteiger partial charge >= 0.3 is 6.03 Å². The zero-order valence-corrected chi connectivity index (χ0v) is 22.8. The van der Waals surface area contributed by atoms with E-state index in [1.807, 2.05) is 23.1 Å². The van der Waals surface area contributed by atoms with Crippen LogP contribution in [0, 0.1) is 5.82 Å². The van der Waals surface area contributed by atoms with E-state index in [-0.39, 0.29) is 30.1 Å². The van der Waals surface area contributed by atoms with Gasteiger partial charge in [0, 0.05) is 36.4 Å². The maximum absolute atomic E-state index is 15.3. The Hall–Kier alpha value is -4.31. The summed E-state index contributed by atoms with van der Waals surface area (Å²) >= 11 is 0. The number of amides is 3. The Balaban J connectivity index is 1.17. The molecule has 10 heteroatoms. The average molecular weight is 555 g/mol. The van der Waals surface area contributed by atoms with Gasteiger partial charge in [-0.2, -0.15) is 5.10 Å². The number of halogens is 1. The summed E-state index contributed by atoms with van der Waals surface area (Å²) in [6.45, 7) is 3.39. The Morgan fingerprint density at radius 3 is 2.63 bits per heavy atom. The molecule has 2 aromatic heterocycles. The number of carbonyl (C=O) groups excluding carboxylic acids is 2. The fourth-order valence-electron chi connectivity index (χ4n) is 6.06. The number of benzene rings is 2. The zero-order chi connectivity index (χ0) is 28.2. The molecule has 1 aliphatic carbocycles. The normalized spacial score (nSPS) is 20.4. The number of aliphatic hydroxyl groups is 1. The molecular formula is C31H31FN6O3. The molecule has 1 saturated carbocycles.